The number of fused-ring (bicyclic) bond motifs is 1. The molecule has 4 rings (SSSR count). The number of hydrogen-bond donors (Lipinski definition) is 2. The van der Waals surface area contributed by atoms with Crippen LogP contribution in [0.4, 0.5) is 11.5 Å². The van der Waals surface area contributed by atoms with Gasteiger partial charge in [0.1, 0.15) is 16.5 Å². The lowest BCUT2D eigenvalue weighted by molar-refractivity contribution is -0.116. The molecule has 1 aliphatic rings. The molecule has 10 heteroatoms. The largest absolute Gasteiger partial charge is 0.495 e. The Labute approximate surface area is 198 Å². The number of aryl methyl sites for hydroxylation is 2. The first kappa shape index (κ1) is 23.5. The molecule has 178 valence electrons. The molecule has 1 aromatic heterocycles. The van der Waals surface area contributed by atoms with Crippen molar-refractivity contribution in [3.05, 3.63) is 53.7 Å². The lowest BCUT2D eigenvalue weighted by Gasteiger charge is -2.14. The second-order valence-corrected chi connectivity index (χ2v) is 9.55. The number of methoxy groups -OCH3 is 1. The molecule has 0 spiro atoms. The molecule has 0 bridgehead atoms. The van der Waals surface area contributed by atoms with Crippen LogP contribution < -0.4 is 14.8 Å². The number of sulfonamides is 1. The zero-order valence-corrected chi connectivity index (χ0v) is 20.0. The van der Waals surface area contributed by atoms with Crippen molar-refractivity contribution >= 4 is 33.3 Å². The fourth-order valence-corrected chi connectivity index (χ4v) is 5.15. The molecule has 0 saturated carbocycles. The smallest absolute Gasteiger partial charge is 0.265 e. The molecule has 0 aliphatic carbocycles. The Balaban J connectivity index is 1.82. The van der Waals surface area contributed by atoms with Crippen molar-refractivity contribution in [3.63, 3.8) is 0 Å². The zero-order valence-electron chi connectivity index (χ0n) is 19.2. The SMILES string of the molecule is CCc1ccc(NS(=O)(=O)c2cc(-c3c(CC)nn4c3NC(=O)CCC4=O)ccc2OC)cc1. The third kappa shape index (κ3) is 4.41. The van der Waals surface area contributed by atoms with E-state index in [9.17, 15) is 18.0 Å². The Morgan fingerprint density at radius 2 is 1.79 bits per heavy atom. The molecule has 0 atom stereocenters. The Bertz CT molecular complexity index is 1360. The van der Waals surface area contributed by atoms with Crippen molar-refractivity contribution in [2.24, 2.45) is 0 Å². The van der Waals surface area contributed by atoms with Crippen LogP contribution in [-0.2, 0) is 27.7 Å². The lowest BCUT2D eigenvalue weighted by Crippen LogP contribution is -2.14. The molecule has 2 heterocycles. The highest BCUT2D eigenvalue weighted by atomic mass is 32.2. The minimum Gasteiger partial charge on any atom is -0.495 e. The number of carbonyl (C=O) groups excluding carboxylic acids is 2. The van der Waals surface area contributed by atoms with Crippen LogP contribution in [0.15, 0.2) is 47.4 Å². The van der Waals surface area contributed by atoms with Crippen molar-refractivity contribution in [1.29, 1.82) is 0 Å². The van der Waals surface area contributed by atoms with E-state index in [1.54, 1.807) is 24.3 Å². The summed E-state index contributed by atoms with van der Waals surface area (Å²) in [6, 6.07) is 11.9. The van der Waals surface area contributed by atoms with E-state index in [4.69, 9.17) is 4.74 Å². The quantitative estimate of drug-likeness (QED) is 0.528. The molecule has 9 nitrogen and oxygen atoms in total. The van der Waals surface area contributed by atoms with Crippen LogP contribution in [0.2, 0.25) is 0 Å². The second kappa shape index (κ2) is 9.30. The lowest BCUT2D eigenvalue weighted by atomic mass is 10.0. The van der Waals surface area contributed by atoms with Crippen LogP contribution in [-0.4, -0.2) is 37.1 Å². The second-order valence-electron chi connectivity index (χ2n) is 7.90. The maximum absolute atomic E-state index is 13.3. The normalized spacial score (nSPS) is 13.7. The summed E-state index contributed by atoms with van der Waals surface area (Å²) in [6.45, 7) is 3.90. The van der Waals surface area contributed by atoms with Crippen molar-refractivity contribution < 1.29 is 22.7 Å². The van der Waals surface area contributed by atoms with Gasteiger partial charge >= 0.3 is 0 Å². The van der Waals surface area contributed by atoms with Crippen LogP contribution in [0, 0.1) is 0 Å². The summed E-state index contributed by atoms with van der Waals surface area (Å²) in [5.74, 6) is -0.180. The van der Waals surface area contributed by atoms with E-state index in [1.807, 2.05) is 26.0 Å². The summed E-state index contributed by atoms with van der Waals surface area (Å²) in [4.78, 5) is 24.7. The van der Waals surface area contributed by atoms with Gasteiger partial charge in [-0.2, -0.15) is 9.78 Å². The van der Waals surface area contributed by atoms with E-state index in [1.165, 1.54) is 17.9 Å². The number of benzene rings is 2. The first-order valence-corrected chi connectivity index (χ1v) is 12.5. The molecule has 0 saturated heterocycles. The average Bonchev–Trinajstić information content (AvgIpc) is 3.13. The maximum Gasteiger partial charge on any atom is 0.265 e. The van der Waals surface area contributed by atoms with Gasteiger partial charge in [-0.1, -0.05) is 32.0 Å². The minimum absolute atomic E-state index is 0.0477. The molecule has 0 fully saturated rings. The summed E-state index contributed by atoms with van der Waals surface area (Å²) in [5.41, 5.74) is 3.10. The molecule has 3 aromatic rings. The number of nitrogens with zero attached hydrogens (tertiary/aromatic N) is 2. The van der Waals surface area contributed by atoms with Gasteiger partial charge in [-0.25, -0.2) is 8.42 Å². The van der Waals surface area contributed by atoms with Crippen molar-refractivity contribution in [2.45, 2.75) is 44.4 Å². The number of amides is 1. The molecule has 1 amide bonds. The van der Waals surface area contributed by atoms with Gasteiger partial charge in [-0.05, 0) is 48.2 Å². The van der Waals surface area contributed by atoms with E-state index in [-0.39, 0.29) is 41.1 Å². The fraction of sp³-hybridized carbons (Fsp3) is 0.292. The van der Waals surface area contributed by atoms with Crippen molar-refractivity contribution in [1.82, 2.24) is 9.78 Å². The highest BCUT2D eigenvalue weighted by Gasteiger charge is 2.28. The van der Waals surface area contributed by atoms with Crippen LogP contribution in [0.5, 0.6) is 5.75 Å². The number of rotatable bonds is 7. The molecule has 0 radical (unpaired) electrons. The highest BCUT2D eigenvalue weighted by Crippen LogP contribution is 2.37. The van der Waals surface area contributed by atoms with Gasteiger partial charge in [-0.15, -0.1) is 0 Å². The molecule has 2 N–H and O–H groups in total. The van der Waals surface area contributed by atoms with Gasteiger partial charge < -0.3 is 10.1 Å². The maximum atomic E-state index is 13.3. The average molecular weight is 483 g/mol. The van der Waals surface area contributed by atoms with Gasteiger partial charge in [0.25, 0.3) is 10.0 Å². The molecular weight excluding hydrogens is 456 g/mol. The summed E-state index contributed by atoms with van der Waals surface area (Å²) < 4.78 is 35.8. The molecule has 2 aromatic carbocycles. The number of carbonyl (C=O) groups is 2. The van der Waals surface area contributed by atoms with E-state index in [0.717, 1.165) is 12.0 Å². The van der Waals surface area contributed by atoms with Gasteiger partial charge in [0, 0.05) is 24.1 Å². The third-order valence-electron chi connectivity index (χ3n) is 5.71. The Kier molecular flexibility index (Phi) is 6.43. The predicted molar refractivity (Wildman–Crippen MR) is 129 cm³/mol. The van der Waals surface area contributed by atoms with Gasteiger partial charge in [0.05, 0.1) is 12.8 Å². The first-order chi connectivity index (χ1) is 16.3. The number of hydrogen-bond acceptors (Lipinski definition) is 6. The molecule has 1 aliphatic heterocycles. The van der Waals surface area contributed by atoms with Crippen LogP contribution in [0.3, 0.4) is 0 Å². The number of anilines is 2. The van der Waals surface area contributed by atoms with E-state index in [2.05, 4.69) is 15.1 Å². The Hall–Kier alpha value is -3.66. The molecule has 0 unspecified atom stereocenters. The predicted octanol–water partition coefficient (Wildman–Crippen LogP) is 3.86. The van der Waals surface area contributed by atoms with Gasteiger partial charge in [-0.3, -0.25) is 14.3 Å². The summed E-state index contributed by atoms with van der Waals surface area (Å²) in [5, 5.41) is 7.15. The van der Waals surface area contributed by atoms with Crippen molar-refractivity contribution in [2.75, 3.05) is 17.1 Å². The number of nitrogens with one attached hydrogen (secondary N) is 2. The number of aromatic nitrogens is 2. The fourth-order valence-electron chi connectivity index (χ4n) is 3.89. The summed E-state index contributed by atoms with van der Waals surface area (Å²) >= 11 is 0. The standard InChI is InChI=1S/C24H26N4O5S/c1-4-15-6-9-17(10-7-15)27-34(31,32)20-14-16(8-11-19(20)33-3)23-18(5-2)26-28-22(30)13-12-21(29)25-24(23)28/h6-11,14,27H,4-5,12-13H2,1-3H3,(H,25,29). The molecular formula is C24H26N4O5S. The third-order valence-corrected chi connectivity index (χ3v) is 7.11. The Morgan fingerprint density at radius 3 is 2.44 bits per heavy atom. The highest BCUT2D eigenvalue weighted by molar-refractivity contribution is 7.92. The van der Waals surface area contributed by atoms with Crippen LogP contribution in [0.1, 0.15) is 42.7 Å². The minimum atomic E-state index is -4.02. The van der Waals surface area contributed by atoms with E-state index in [0.29, 0.717) is 28.9 Å². The zero-order chi connectivity index (χ0) is 24.5. The summed E-state index contributed by atoms with van der Waals surface area (Å²) in [6.07, 6.45) is 1.44. The van der Waals surface area contributed by atoms with E-state index >= 15 is 0 Å². The molecule has 34 heavy (non-hydrogen) atoms. The van der Waals surface area contributed by atoms with Gasteiger partial charge in [0.15, 0.2) is 0 Å². The number of ether oxygens (including phenoxy) is 1. The van der Waals surface area contributed by atoms with Crippen LogP contribution >= 0.6 is 0 Å². The monoisotopic (exact) mass is 482 g/mol. The van der Waals surface area contributed by atoms with E-state index < -0.39 is 10.0 Å². The summed E-state index contributed by atoms with van der Waals surface area (Å²) in [7, 11) is -2.62. The van der Waals surface area contributed by atoms with Crippen LogP contribution in [0.25, 0.3) is 11.1 Å². The van der Waals surface area contributed by atoms with Crippen molar-refractivity contribution in [3.8, 4) is 16.9 Å². The van der Waals surface area contributed by atoms with Gasteiger partial charge in [0.2, 0.25) is 11.8 Å². The first-order valence-electron chi connectivity index (χ1n) is 11.0. The Morgan fingerprint density at radius 1 is 1.06 bits per heavy atom. The topological polar surface area (TPSA) is 119 Å².